The van der Waals surface area contributed by atoms with Crippen LogP contribution in [0.3, 0.4) is 0 Å². The average molecular weight is 178 g/mol. The standard InChI is InChI=1S/C10H14N2O/c11-5-7-13-10-3-1-2-9-8(10)4-6-12-9/h1-3,12H,4-7,11H2. The molecule has 0 aliphatic carbocycles. The Balaban J connectivity index is 2.20. The number of hydrogen-bond acceptors (Lipinski definition) is 3. The highest BCUT2D eigenvalue weighted by Gasteiger charge is 2.13. The van der Waals surface area contributed by atoms with Crippen molar-refractivity contribution in [3.05, 3.63) is 23.8 Å². The summed E-state index contributed by atoms with van der Waals surface area (Å²) in [5, 5.41) is 3.31. The van der Waals surface area contributed by atoms with Gasteiger partial charge in [0, 0.05) is 24.3 Å². The van der Waals surface area contributed by atoms with Crippen molar-refractivity contribution >= 4 is 5.69 Å². The van der Waals surface area contributed by atoms with E-state index in [4.69, 9.17) is 10.5 Å². The molecule has 1 heterocycles. The third kappa shape index (κ3) is 1.60. The van der Waals surface area contributed by atoms with Crippen molar-refractivity contribution in [2.75, 3.05) is 25.0 Å². The zero-order valence-corrected chi connectivity index (χ0v) is 7.55. The van der Waals surface area contributed by atoms with Crippen LogP contribution in [0.4, 0.5) is 5.69 Å². The molecule has 0 atom stereocenters. The van der Waals surface area contributed by atoms with Gasteiger partial charge in [0.25, 0.3) is 0 Å². The van der Waals surface area contributed by atoms with E-state index in [9.17, 15) is 0 Å². The Labute approximate surface area is 77.9 Å². The molecule has 1 aromatic carbocycles. The summed E-state index contributed by atoms with van der Waals surface area (Å²) in [5.41, 5.74) is 7.87. The van der Waals surface area contributed by atoms with Crippen LogP contribution in [0.2, 0.25) is 0 Å². The summed E-state index contributed by atoms with van der Waals surface area (Å²) >= 11 is 0. The minimum absolute atomic E-state index is 0.567. The second-order valence-corrected chi connectivity index (χ2v) is 3.10. The van der Waals surface area contributed by atoms with Crippen LogP contribution in [-0.2, 0) is 6.42 Å². The Hall–Kier alpha value is -1.22. The van der Waals surface area contributed by atoms with Crippen molar-refractivity contribution in [3.8, 4) is 5.75 Å². The molecule has 1 aliphatic rings. The van der Waals surface area contributed by atoms with Crippen molar-refractivity contribution in [1.82, 2.24) is 0 Å². The quantitative estimate of drug-likeness (QED) is 0.725. The molecule has 0 bridgehead atoms. The second kappa shape index (κ2) is 3.66. The molecule has 70 valence electrons. The normalized spacial score (nSPS) is 13.6. The smallest absolute Gasteiger partial charge is 0.124 e. The van der Waals surface area contributed by atoms with Crippen LogP contribution >= 0.6 is 0 Å². The molecule has 0 unspecified atom stereocenters. The zero-order valence-electron chi connectivity index (χ0n) is 7.55. The van der Waals surface area contributed by atoms with Gasteiger partial charge in [-0.15, -0.1) is 0 Å². The van der Waals surface area contributed by atoms with E-state index in [0.717, 1.165) is 18.7 Å². The Morgan fingerprint density at radius 2 is 2.38 bits per heavy atom. The van der Waals surface area contributed by atoms with Gasteiger partial charge in [0.15, 0.2) is 0 Å². The number of fused-ring (bicyclic) bond motifs is 1. The third-order valence-corrected chi connectivity index (χ3v) is 2.20. The second-order valence-electron chi connectivity index (χ2n) is 3.10. The average Bonchev–Trinajstić information content (AvgIpc) is 2.62. The predicted molar refractivity (Wildman–Crippen MR) is 53.2 cm³/mol. The minimum Gasteiger partial charge on any atom is -0.492 e. The molecule has 3 nitrogen and oxygen atoms in total. The maximum Gasteiger partial charge on any atom is 0.124 e. The molecule has 0 saturated heterocycles. The van der Waals surface area contributed by atoms with Crippen molar-refractivity contribution < 1.29 is 4.74 Å². The van der Waals surface area contributed by atoms with E-state index in [2.05, 4.69) is 11.4 Å². The van der Waals surface area contributed by atoms with Crippen molar-refractivity contribution in [1.29, 1.82) is 0 Å². The lowest BCUT2D eigenvalue weighted by atomic mass is 10.1. The first-order valence-electron chi connectivity index (χ1n) is 4.60. The van der Waals surface area contributed by atoms with Crippen LogP contribution in [-0.4, -0.2) is 19.7 Å². The Morgan fingerprint density at radius 3 is 3.23 bits per heavy atom. The van der Waals surface area contributed by atoms with E-state index in [1.807, 2.05) is 12.1 Å². The van der Waals surface area contributed by atoms with Crippen molar-refractivity contribution in [2.45, 2.75) is 6.42 Å². The first-order valence-corrected chi connectivity index (χ1v) is 4.60. The van der Waals surface area contributed by atoms with Gasteiger partial charge in [0.1, 0.15) is 12.4 Å². The van der Waals surface area contributed by atoms with Crippen LogP contribution in [0.5, 0.6) is 5.75 Å². The van der Waals surface area contributed by atoms with Crippen LogP contribution in [0.1, 0.15) is 5.56 Å². The summed E-state index contributed by atoms with van der Waals surface area (Å²) in [6.45, 7) is 2.17. The summed E-state index contributed by atoms with van der Waals surface area (Å²) in [4.78, 5) is 0. The molecule has 3 heteroatoms. The van der Waals surface area contributed by atoms with Crippen molar-refractivity contribution in [2.24, 2.45) is 5.73 Å². The summed E-state index contributed by atoms with van der Waals surface area (Å²) in [6.07, 6.45) is 1.05. The number of nitrogens with two attached hydrogens (primary N) is 1. The SMILES string of the molecule is NCCOc1cccc2c1CCN2. The number of hydrogen-bond donors (Lipinski definition) is 2. The molecular formula is C10H14N2O. The Bertz CT molecular complexity index is 299. The molecule has 1 aromatic rings. The van der Waals surface area contributed by atoms with E-state index >= 15 is 0 Å². The number of ether oxygens (including phenoxy) is 1. The summed E-state index contributed by atoms with van der Waals surface area (Å²) < 4.78 is 5.53. The number of benzene rings is 1. The summed E-state index contributed by atoms with van der Waals surface area (Å²) in [7, 11) is 0. The highest BCUT2D eigenvalue weighted by Crippen LogP contribution is 2.30. The van der Waals surface area contributed by atoms with E-state index in [0.29, 0.717) is 13.2 Å². The molecule has 0 radical (unpaired) electrons. The van der Waals surface area contributed by atoms with Gasteiger partial charge in [0.2, 0.25) is 0 Å². The fourth-order valence-electron chi connectivity index (χ4n) is 1.62. The van der Waals surface area contributed by atoms with Crippen LogP contribution in [0.15, 0.2) is 18.2 Å². The van der Waals surface area contributed by atoms with Gasteiger partial charge in [-0.25, -0.2) is 0 Å². The van der Waals surface area contributed by atoms with Crippen LogP contribution in [0, 0.1) is 0 Å². The first-order chi connectivity index (χ1) is 6.42. The molecule has 0 spiro atoms. The highest BCUT2D eigenvalue weighted by atomic mass is 16.5. The van der Waals surface area contributed by atoms with Crippen LogP contribution in [0.25, 0.3) is 0 Å². The lowest BCUT2D eigenvalue weighted by molar-refractivity contribution is 0.326. The third-order valence-electron chi connectivity index (χ3n) is 2.20. The summed E-state index contributed by atoms with van der Waals surface area (Å²) in [5.74, 6) is 0.980. The molecule has 0 fully saturated rings. The predicted octanol–water partition coefficient (Wildman–Crippen LogP) is 0.992. The van der Waals surface area contributed by atoms with Gasteiger partial charge < -0.3 is 15.8 Å². The molecule has 0 aromatic heterocycles. The van der Waals surface area contributed by atoms with Gasteiger partial charge in [0.05, 0.1) is 0 Å². The van der Waals surface area contributed by atoms with E-state index in [-0.39, 0.29) is 0 Å². The van der Waals surface area contributed by atoms with E-state index in [1.54, 1.807) is 0 Å². The summed E-state index contributed by atoms with van der Waals surface area (Å²) in [6, 6.07) is 6.09. The van der Waals surface area contributed by atoms with E-state index in [1.165, 1.54) is 11.3 Å². The fraction of sp³-hybridized carbons (Fsp3) is 0.400. The van der Waals surface area contributed by atoms with Gasteiger partial charge in [-0.05, 0) is 18.6 Å². The van der Waals surface area contributed by atoms with E-state index < -0.39 is 0 Å². The Kier molecular flexibility index (Phi) is 2.36. The monoisotopic (exact) mass is 178 g/mol. The van der Waals surface area contributed by atoms with Gasteiger partial charge in [-0.2, -0.15) is 0 Å². The number of rotatable bonds is 3. The molecular weight excluding hydrogens is 164 g/mol. The number of anilines is 1. The highest BCUT2D eigenvalue weighted by molar-refractivity contribution is 5.61. The maximum atomic E-state index is 5.53. The van der Waals surface area contributed by atoms with Crippen LogP contribution < -0.4 is 15.8 Å². The Morgan fingerprint density at radius 1 is 1.46 bits per heavy atom. The van der Waals surface area contributed by atoms with Gasteiger partial charge in [-0.1, -0.05) is 6.07 Å². The van der Waals surface area contributed by atoms with Gasteiger partial charge in [-0.3, -0.25) is 0 Å². The van der Waals surface area contributed by atoms with Gasteiger partial charge >= 0.3 is 0 Å². The zero-order chi connectivity index (χ0) is 9.10. The molecule has 2 rings (SSSR count). The first kappa shape index (κ1) is 8.38. The molecule has 3 N–H and O–H groups in total. The molecule has 13 heavy (non-hydrogen) atoms. The molecule has 0 saturated carbocycles. The minimum atomic E-state index is 0.567. The number of nitrogens with one attached hydrogen (secondary N) is 1. The lowest BCUT2D eigenvalue weighted by Gasteiger charge is -2.08. The maximum absolute atomic E-state index is 5.53. The van der Waals surface area contributed by atoms with Crippen molar-refractivity contribution in [3.63, 3.8) is 0 Å². The molecule has 0 amide bonds. The fourth-order valence-corrected chi connectivity index (χ4v) is 1.62. The lowest BCUT2D eigenvalue weighted by Crippen LogP contribution is -2.11. The molecule has 1 aliphatic heterocycles. The topological polar surface area (TPSA) is 47.3 Å². The largest absolute Gasteiger partial charge is 0.492 e.